The summed E-state index contributed by atoms with van der Waals surface area (Å²) < 4.78 is 0. The first kappa shape index (κ1) is 17.0. The minimum atomic E-state index is 0.0817. The number of carbonyl (C=O) groups excluding carboxylic acids is 1. The SMILES string of the molecule is O=C(NCCCc1ccccc1)N1CCN(Cc2ccsc2)CC1. The smallest absolute Gasteiger partial charge is 0.317 e. The molecule has 1 aromatic carbocycles. The summed E-state index contributed by atoms with van der Waals surface area (Å²) >= 11 is 1.74. The van der Waals surface area contributed by atoms with E-state index in [9.17, 15) is 4.79 Å². The van der Waals surface area contributed by atoms with E-state index in [4.69, 9.17) is 0 Å². The van der Waals surface area contributed by atoms with E-state index in [1.165, 1.54) is 11.1 Å². The van der Waals surface area contributed by atoms with Crippen LogP contribution in [-0.4, -0.2) is 48.6 Å². The van der Waals surface area contributed by atoms with Crippen LogP contribution in [0.3, 0.4) is 0 Å². The number of thiophene rings is 1. The minimum absolute atomic E-state index is 0.0817. The van der Waals surface area contributed by atoms with Crippen LogP contribution in [-0.2, 0) is 13.0 Å². The van der Waals surface area contributed by atoms with Crippen molar-refractivity contribution < 1.29 is 4.79 Å². The number of nitrogens with one attached hydrogen (secondary N) is 1. The Hall–Kier alpha value is -1.85. The topological polar surface area (TPSA) is 35.6 Å². The van der Waals surface area contributed by atoms with E-state index in [-0.39, 0.29) is 6.03 Å². The molecule has 2 aromatic rings. The fraction of sp³-hybridized carbons (Fsp3) is 0.421. The van der Waals surface area contributed by atoms with E-state index < -0.39 is 0 Å². The Labute approximate surface area is 148 Å². The number of hydrogen-bond acceptors (Lipinski definition) is 3. The largest absolute Gasteiger partial charge is 0.338 e. The van der Waals surface area contributed by atoms with Crippen molar-refractivity contribution >= 4 is 17.4 Å². The Kier molecular flexibility index (Phi) is 6.26. The van der Waals surface area contributed by atoms with Crippen molar-refractivity contribution in [3.8, 4) is 0 Å². The highest BCUT2D eigenvalue weighted by atomic mass is 32.1. The molecule has 3 rings (SSSR count). The molecule has 0 spiro atoms. The number of hydrogen-bond donors (Lipinski definition) is 1. The van der Waals surface area contributed by atoms with Gasteiger partial charge in [0.25, 0.3) is 0 Å². The maximum atomic E-state index is 12.2. The number of aryl methyl sites for hydroxylation is 1. The van der Waals surface area contributed by atoms with Gasteiger partial charge in [-0.15, -0.1) is 0 Å². The van der Waals surface area contributed by atoms with E-state index >= 15 is 0 Å². The maximum Gasteiger partial charge on any atom is 0.317 e. The Morgan fingerprint density at radius 1 is 1.04 bits per heavy atom. The molecule has 128 valence electrons. The zero-order valence-electron chi connectivity index (χ0n) is 14.0. The number of urea groups is 1. The number of benzene rings is 1. The summed E-state index contributed by atoms with van der Waals surface area (Å²) in [6, 6.07) is 12.7. The van der Waals surface area contributed by atoms with Crippen LogP contribution in [0.25, 0.3) is 0 Å². The zero-order chi connectivity index (χ0) is 16.6. The van der Waals surface area contributed by atoms with Crippen molar-refractivity contribution in [1.29, 1.82) is 0 Å². The quantitative estimate of drug-likeness (QED) is 0.818. The van der Waals surface area contributed by atoms with Crippen molar-refractivity contribution in [1.82, 2.24) is 15.1 Å². The number of piperazine rings is 1. The van der Waals surface area contributed by atoms with Crippen LogP contribution in [0.15, 0.2) is 47.2 Å². The second-order valence-electron chi connectivity index (χ2n) is 6.22. The van der Waals surface area contributed by atoms with Crippen LogP contribution < -0.4 is 5.32 Å². The molecule has 1 aliphatic rings. The van der Waals surface area contributed by atoms with Gasteiger partial charge in [0, 0.05) is 39.3 Å². The molecule has 0 aliphatic carbocycles. The molecule has 1 fully saturated rings. The van der Waals surface area contributed by atoms with Crippen LogP contribution in [0, 0.1) is 0 Å². The van der Waals surface area contributed by atoms with Gasteiger partial charge in [-0.3, -0.25) is 4.90 Å². The molecule has 1 saturated heterocycles. The molecule has 2 amide bonds. The molecular weight excluding hydrogens is 318 g/mol. The number of nitrogens with zero attached hydrogens (tertiary/aromatic N) is 2. The van der Waals surface area contributed by atoms with Gasteiger partial charge >= 0.3 is 6.03 Å². The fourth-order valence-electron chi connectivity index (χ4n) is 2.99. The van der Waals surface area contributed by atoms with E-state index in [0.717, 1.165) is 52.1 Å². The van der Waals surface area contributed by atoms with Crippen LogP contribution >= 0.6 is 11.3 Å². The monoisotopic (exact) mass is 343 g/mol. The standard InChI is InChI=1S/C19H25N3OS/c23-19(20-9-4-7-17-5-2-1-3-6-17)22-12-10-21(11-13-22)15-18-8-14-24-16-18/h1-3,5-6,8,14,16H,4,7,9-13,15H2,(H,20,23). The van der Waals surface area contributed by atoms with E-state index in [0.29, 0.717) is 0 Å². The van der Waals surface area contributed by atoms with Crippen molar-refractivity contribution in [2.24, 2.45) is 0 Å². The molecule has 0 unspecified atom stereocenters. The first-order valence-electron chi connectivity index (χ1n) is 8.61. The molecule has 2 heterocycles. The van der Waals surface area contributed by atoms with E-state index in [1.807, 2.05) is 11.0 Å². The lowest BCUT2D eigenvalue weighted by Gasteiger charge is -2.34. The van der Waals surface area contributed by atoms with Gasteiger partial charge < -0.3 is 10.2 Å². The first-order valence-corrected chi connectivity index (χ1v) is 9.56. The number of rotatable bonds is 6. The summed E-state index contributed by atoms with van der Waals surface area (Å²) in [5, 5.41) is 7.37. The maximum absolute atomic E-state index is 12.2. The Balaban J connectivity index is 1.32. The predicted octanol–water partition coefficient (Wildman–Crippen LogP) is 3.21. The third-order valence-electron chi connectivity index (χ3n) is 4.41. The van der Waals surface area contributed by atoms with Gasteiger partial charge in [-0.2, -0.15) is 11.3 Å². The second-order valence-corrected chi connectivity index (χ2v) is 7.00. The van der Waals surface area contributed by atoms with Gasteiger partial charge in [0.15, 0.2) is 0 Å². The molecule has 5 heteroatoms. The van der Waals surface area contributed by atoms with Gasteiger partial charge in [-0.25, -0.2) is 4.79 Å². The highest BCUT2D eigenvalue weighted by Gasteiger charge is 2.20. The third kappa shape index (κ3) is 5.08. The molecule has 1 N–H and O–H groups in total. The Bertz CT molecular complexity index is 607. The van der Waals surface area contributed by atoms with Gasteiger partial charge in [0.1, 0.15) is 0 Å². The highest BCUT2D eigenvalue weighted by molar-refractivity contribution is 7.07. The molecule has 1 aliphatic heterocycles. The molecule has 24 heavy (non-hydrogen) atoms. The molecule has 4 nitrogen and oxygen atoms in total. The second kappa shape index (κ2) is 8.85. The lowest BCUT2D eigenvalue weighted by atomic mass is 10.1. The summed E-state index contributed by atoms with van der Waals surface area (Å²) in [5.41, 5.74) is 2.70. The minimum Gasteiger partial charge on any atom is -0.338 e. The number of amides is 2. The lowest BCUT2D eigenvalue weighted by Crippen LogP contribution is -2.51. The number of carbonyl (C=O) groups is 1. The predicted molar refractivity (Wildman–Crippen MR) is 99.3 cm³/mol. The molecule has 0 atom stereocenters. The molecular formula is C19H25N3OS. The molecule has 0 bridgehead atoms. The summed E-state index contributed by atoms with van der Waals surface area (Å²) in [7, 11) is 0. The average molecular weight is 343 g/mol. The summed E-state index contributed by atoms with van der Waals surface area (Å²) in [5.74, 6) is 0. The van der Waals surface area contributed by atoms with E-state index in [1.54, 1.807) is 11.3 Å². The van der Waals surface area contributed by atoms with Crippen LogP contribution in [0.4, 0.5) is 4.79 Å². The third-order valence-corrected chi connectivity index (χ3v) is 5.14. The van der Waals surface area contributed by atoms with E-state index in [2.05, 4.69) is 51.3 Å². The van der Waals surface area contributed by atoms with Gasteiger partial charge in [0.05, 0.1) is 0 Å². The Morgan fingerprint density at radius 3 is 2.54 bits per heavy atom. The average Bonchev–Trinajstić information content (AvgIpc) is 3.13. The van der Waals surface area contributed by atoms with Crippen LogP contribution in [0.1, 0.15) is 17.5 Å². The fourth-order valence-corrected chi connectivity index (χ4v) is 3.65. The normalized spacial score (nSPS) is 15.4. The van der Waals surface area contributed by atoms with Gasteiger partial charge in [-0.05, 0) is 40.8 Å². The van der Waals surface area contributed by atoms with Gasteiger partial charge in [0.2, 0.25) is 0 Å². The molecule has 0 saturated carbocycles. The summed E-state index contributed by atoms with van der Waals surface area (Å²) in [6.07, 6.45) is 1.99. The molecule has 1 aromatic heterocycles. The lowest BCUT2D eigenvalue weighted by molar-refractivity contribution is 0.135. The van der Waals surface area contributed by atoms with Crippen LogP contribution in [0.2, 0.25) is 0 Å². The summed E-state index contributed by atoms with van der Waals surface area (Å²) in [6.45, 7) is 5.27. The zero-order valence-corrected chi connectivity index (χ0v) is 14.8. The molecule has 0 radical (unpaired) electrons. The first-order chi connectivity index (χ1) is 11.8. The van der Waals surface area contributed by atoms with Crippen LogP contribution in [0.5, 0.6) is 0 Å². The van der Waals surface area contributed by atoms with Crippen molar-refractivity contribution in [3.63, 3.8) is 0 Å². The van der Waals surface area contributed by atoms with Crippen molar-refractivity contribution in [3.05, 3.63) is 58.3 Å². The van der Waals surface area contributed by atoms with Crippen molar-refractivity contribution in [2.45, 2.75) is 19.4 Å². The van der Waals surface area contributed by atoms with Crippen molar-refractivity contribution in [2.75, 3.05) is 32.7 Å². The van der Waals surface area contributed by atoms with Gasteiger partial charge in [-0.1, -0.05) is 30.3 Å². The highest BCUT2D eigenvalue weighted by Crippen LogP contribution is 2.11. The Morgan fingerprint density at radius 2 is 1.83 bits per heavy atom. The summed E-state index contributed by atoms with van der Waals surface area (Å²) in [4.78, 5) is 16.6.